The number of amides is 1. The number of aromatic nitrogens is 3. The fraction of sp³-hybridized carbons (Fsp3) is 0.286. The lowest BCUT2D eigenvalue weighted by atomic mass is 10.2. The quantitative estimate of drug-likeness (QED) is 0.435. The van der Waals surface area contributed by atoms with Crippen LogP contribution in [0.4, 0.5) is 13.2 Å². The third-order valence-electron chi connectivity index (χ3n) is 4.37. The zero-order valence-corrected chi connectivity index (χ0v) is 18.6. The lowest BCUT2D eigenvalue weighted by Crippen LogP contribution is -2.24. The normalized spacial score (nSPS) is 11.4. The van der Waals surface area contributed by atoms with Gasteiger partial charge in [-0.25, -0.2) is 0 Å². The Kier molecular flexibility index (Phi) is 8.03. The summed E-state index contributed by atoms with van der Waals surface area (Å²) in [5.41, 5.74) is 0.145. The minimum atomic E-state index is -4.44. The molecule has 32 heavy (non-hydrogen) atoms. The Labute approximate surface area is 192 Å². The zero-order valence-electron chi connectivity index (χ0n) is 17.0. The molecule has 11 heteroatoms. The third-order valence-corrected chi connectivity index (χ3v) is 5.59. The van der Waals surface area contributed by atoms with Gasteiger partial charge in [0.05, 0.1) is 11.3 Å². The van der Waals surface area contributed by atoms with E-state index in [0.29, 0.717) is 29.1 Å². The molecular formula is C21H20ClF3N4O2S. The molecule has 1 amide bonds. The Hall–Kier alpha value is -2.72. The number of hydrogen-bond donors (Lipinski definition) is 1. The summed E-state index contributed by atoms with van der Waals surface area (Å²) >= 11 is 7.06. The number of thioether (sulfide) groups is 1. The first-order valence-electron chi connectivity index (χ1n) is 9.62. The molecule has 3 aromatic rings. The van der Waals surface area contributed by atoms with Crippen molar-refractivity contribution < 1.29 is 22.7 Å². The van der Waals surface area contributed by atoms with Crippen LogP contribution in [0.5, 0.6) is 5.75 Å². The van der Waals surface area contributed by atoms with E-state index < -0.39 is 11.7 Å². The van der Waals surface area contributed by atoms with E-state index in [0.717, 1.165) is 17.7 Å². The van der Waals surface area contributed by atoms with Crippen molar-refractivity contribution in [2.75, 3.05) is 5.75 Å². The van der Waals surface area contributed by atoms with Gasteiger partial charge in [-0.3, -0.25) is 4.79 Å². The Morgan fingerprint density at radius 2 is 1.94 bits per heavy atom. The number of benzene rings is 2. The molecule has 0 fully saturated rings. The van der Waals surface area contributed by atoms with E-state index in [1.807, 2.05) is 19.1 Å². The van der Waals surface area contributed by atoms with E-state index >= 15 is 0 Å². The highest BCUT2D eigenvalue weighted by molar-refractivity contribution is 7.99. The number of nitrogens with one attached hydrogen (secondary N) is 1. The highest BCUT2D eigenvalue weighted by Gasteiger charge is 2.30. The SMILES string of the molecule is CCn1c(COc2cccc(C(F)(F)F)c2)nnc1SCC(=O)NCc1ccc(Cl)cc1. The van der Waals surface area contributed by atoms with Crippen LogP contribution in [0.25, 0.3) is 0 Å². The fourth-order valence-corrected chi connectivity index (χ4v) is 3.72. The van der Waals surface area contributed by atoms with Crippen molar-refractivity contribution in [2.24, 2.45) is 0 Å². The molecule has 1 N–H and O–H groups in total. The Morgan fingerprint density at radius 3 is 2.62 bits per heavy atom. The summed E-state index contributed by atoms with van der Waals surface area (Å²) in [4.78, 5) is 12.2. The van der Waals surface area contributed by atoms with Crippen LogP contribution in [0.2, 0.25) is 5.02 Å². The minimum absolute atomic E-state index is 0.0501. The van der Waals surface area contributed by atoms with Crippen molar-refractivity contribution in [2.45, 2.75) is 38.0 Å². The van der Waals surface area contributed by atoms with Crippen LogP contribution in [-0.4, -0.2) is 26.4 Å². The molecule has 3 rings (SSSR count). The molecule has 0 aliphatic carbocycles. The van der Waals surface area contributed by atoms with Crippen LogP contribution in [-0.2, 0) is 30.7 Å². The Morgan fingerprint density at radius 1 is 1.19 bits per heavy atom. The van der Waals surface area contributed by atoms with Crippen molar-refractivity contribution in [3.8, 4) is 5.75 Å². The first-order valence-corrected chi connectivity index (χ1v) is 11.0. The number of rotatable bonds is 9. The summed E-state index contributed by atoms with van der Waals surface area (Å²) in [6.07, 6.45) is -4.44. The lowest BCUT2D eigenvalue weighted by molar-refractivity contribution is -0.137. The predicted molar refractivity (Wildman–Crippen MR) is 115 cm³/mol. The molecule has 2 aromatic carbocycles. The van der Waals surface area contributed by atoms with Crippen LogP contribution in [0.1, 0.15) is 23.9 Å². The Balaban J connectivity index is 1.54. The third kappa shape index (κ3) is 6.64. The maximum atomic E-state index is 12.8. The van der Waals surface area contributed by atoms with Crippen LogP contribution in [0.3, 0.4) is 0 Å². The largest absolute Gasteiger partial charge is 0.486 e. The number of halogens is 4. The maximum absolute atomic E-state index is 12.8. The van der Waals surface area contributed by atoms with Gasteiger partial charge >= 0.3 is 6.18 Å². The molecule has 1 aromatic heterocycles. The summed E-state index contributed by atoms with van der Waals surface area (Å²) in [7, 11) is 0. The molecular weight excluding hydrogens is 465 g/mol. The van der Waals surface area contributed by atoms with Crippen LogP contribution in [0, 0.1) is 0 Å². The smallest absolute Gasteiger partial charge is 0.416 e. The highest BCUT2D eigenvalue weighted by atomic mass is 35.5. The number of carbonyl (C=O) groups excluding carboxylic acids is 1. The van der Waals surface area contributed by atoms with E-state index in [9.17, 15) is 18.0 Å². The van der Waals surface area contributed by atoms with Gasteiger partial charge in [-0.05, 0) is 42.8 Å². The van der Waals surface area contributed by atoms with Crippen molar-refractivity contribution >= 4 is 29.3 Å². The average molecular weight is 485 g/mol. The van der Waals surface area contributed by atoms with Gasteiger partial charge < -0.3 is 14.6 Å². The van der Waals surface area contributed by atoms with Gasteiger partial charge in [-0.1, -0.05) is 41.6 Å². The second-order valence-corrected chi connectivity index (χ2v) is 8.03. The molecule has 170 valence electrons. The summed E-state index contributed by atoms with van der Waals surface area (Å²) in [6, 6.07) is 11.8. The number of alkyl halides is 3. The van der Waals surface area contributed by atoms with Crippen LogP contribution in [0.15, 0.2) is 53.7 Å². The molecule has 0 saturated carbocycles. The second kappa shape index (κ2) is 10.7. The van der Waals surface area contributed by atoms with E-state index in [-0.39, 0.29) is 24.0 Å². The van der Waals surface area contributed by atoms with Gasteiger partial charge in [0.15, 0.2) is 11.0 Å². The van der Waals surface area contributed by atoms with Crippen LogP contribution >= 0.6 is 23.4 Å². The highest BCUT2D eigenvalue weighted by Crippen LogP contribution is 2.31. The molecule has 0 atom stereocenters. The van der Waals surface area contributed by atoms with Crippen molar-refractivity contribution in [3.05, 3.63) is 70.5 Å². The molecule has 0 spiro atoms. The first kappa shape index (κ1) is 23.9. The number of nitrogens with zero attached hydrogens (tertiary/aromatic N) is 3. The summed E-state index contributed by atoms with van der Waals surface area (Å²) in [5.74, 6) is 0.507. The second-order valence-electron chi connectivity index (χ2n) is 6.65. The van der Waals surface area contributed by atoms with Gasteiger partial charge in [-0.2, -0.15) is 13.2 Å². The van der Waals surface area contributed by atoms with Crippen LogP contribution < -0.4 is 10.1 Å². The van der Waals surface area contributed by atoms with Crippen molar-refractivity contribution in [1.82, 2.24) is 20.1 Å². The molecule has 0 saturated heterocycles. The van der Waals surface area contributed by atoms with E-state index in [1.165, 1.54) is 23.9 Å². The monoisotopic (exact) mass is 484 g/mol. The van der Waals surface area contributed by atoms with Gasteiger partial charge in [0.2, 0.25) is 5.91 Å². The summed E-state index contributed by atoms with van der Waals surface area (Å²) in [6.45, 7) is 2.73. The average Bonchev–Trinajstić information content (AvgIpc) is 3.17. The standard InChI is InChI=1S/C21H20ClF3N4O2S/c1-2-29-18(12-31-17-5-3-4-15(10-17)21(23,24)25)27-28-20(29)32-13-19(30)26-11-14-6-8-16(22)9-7-14/h3-10H,2,11-13H2,1H3,(H,26,30). The first-order chi connectivity index (χ1) is 15.3. The van der Waals surface area contributed by atoms with Gasteiger partial charge in [0.1, 0.15) is 12.4 Å². The van der Waals surface area contributed by atoms with E-state index in [1.54, 1.807) is 16.7 Å². The molecule has 6 nitrogen and oxygen atoms in total. The molecule has 0 bridgehead atoms. The van der Waals surface area contributed by atoms with E-state index in [4.69, 9.17) is 16.3 Å². The van der Waals surface area contributed by atoms with Gasteiger partial charge in [0, 0.05) is 18.1 Å². The molecule has 0 unspecified atom stereocenters. The summed E-state index contributed by atoms with van der Waals surface area (Å²) < 4.78 is 45.8. The predicted octanol–water partition coefficient (Wildman–Crippen LogP) is 4.96. The van der Waals surface area contributed by atoms with Crippen molar-refractivity contribution in [3.63, 3.8) is 0 Å². The van der Waals surface area contributed by atoms with Crippen molar-refractivity contribution in [1.29, 1.82) is 0 Å². The van der Waals surface area contributed by atoms with Gasteiger partial charge in [0.25, 0.3) is 0 Å². The van der Waals surface area contributed by atoms with Gasteiger partial charge in [-0.15, -0.1) is 10.2 Å². The molecule has 0 aliphatic rings. The topological polar surface area (TPSA) is 69.0 Å². The fourth-order valence-electron chi connectivity index (χ4n) is 2.74. The minimum Gasteiger partial charge on any atom is -0.486 e. The zero-order chi connectivity index (χ0) is 23.1. The molecule has 0 radical (unpaired) electrons. The van der Waals surface area contributed by atoms with E-state index in [2.05, 4.69) is 15.5 Å². The molecule has 1 heterocycles. The molecule has 0 aliphatic heterocycles. The summed E-state index contributed by atoms with van der Waals surface area (Å²) in [5, 5.41) is 12.1. The number of hydrogen-bond acceptors (Lipinski definition) is 5. The number of ether oxygens (including phenoxy) is 1. The maximum Gasteiger partial charge on any atom is 0.416 e. The lowest BCUT2D eigenvalue weighted by Gasteiger charge is -2.11. The number of carbonyl (C=O) groups is 1. The Bertz CT molecular complexity index is 1060.